The molecule has 0 unspecified atom stereocenters. The Morgan fingerprint density at radius 3 is 2.64 bits per heavy atom. The van der Waals surface area contributed by atoms with Gasteiger partial charge in [-0.05, 0) is 42.7 Å². The van der Waals surface area contributed by atoms with Crippen LogP contribution in [0.2, 0.25) is 0 Å². The second kappa shape index (κ2) is 3.91. The average Bonchev–Trinajstić information content (AvgIpc) is 2.31. The largest absolute Gasteiger partial charge is 0.149 e. The van der Waals surface area contributed by atoms with Crippen molar-refractivity contribution in [2.45, 2.75) is 33.6 Å². The molecule has 1 heteroatoms. The molecule has 1 rings (SSSR count). The second-order valence-electron chi connectivity index (χ2n) is 3.52. The van der Waals surface area contributed by atoms with Crippen LogP contribution >= 0.6 is 11.3 Å². The van der Waals surface area contributed by atoms with Crippen molar-refractivity contribution >= 4 is 11.3 Å². The molecule has 0 nitrogen and oxygen atoms in total. The van der Waals surface area contributed by atoms with Crippen LogP contribution in [-0.2, 0) is 6.42 Å². The van der Waals surface area contributed by atoms with E-state index in [1.54, 1.807) is 0 Å². The van der Waals surface area contributed by atoms with Gasteiger partial charge in [0.1, 0.15) is 0 Å². The van der Waals surface area contributed by atoms with Gasteiger partial charge in [0.25, 0.3) is 0 Å². The highest BCUT2D eigenvalue weighted by molar-refractivity contribution is 7.10. The highest BCUT2D eigenvalue weighted by Crippen LogP contribution is 2.17. The van der Waals surface area contributed by atoms with Gasteiger partial charge in [0.05, 0.1) is 0 Å². The van der Waals surface area contributed by atoms with Gasteiger partial charge in [-0.3, -0.25) is 0 Å². The van der Waals surface area contributed by atoms with Crippen LogP contribution in [0.4, 0.5) is 0 Å². The van der Waals surface area contributed by atoms with E-state index in [4.69, 9.17) is 0 Å². The lowest BCUT2D eigenvalue weighted by Crippen LogP contribution is -1.88. The van der Waals surface area contributed by atoms with Crippen molar-refractivity contribution in [3.63, 3.8) is 0 Å². The minimum absolute atomic E-state index is 0.831. The van der Waals surface area contributed by atoms with E-state index >= 15 is 0 Å². The predicted octanol–water partition coefficient (Wildman–Crippen LogP) is 3.65. The Hall–Kier alpha value is -0.300. The number of aryl methyl sites for hydroxylation is 2. The van der Waals surface area contributed by atoms with Crippen LogP contribution in [0.3, 0.4) is 0 Å². The van der Waals surface area contributed by atoms with Gasteiger partial charge in [-0.1, -0.05) is 13.8 Å². The molecule has 1 aromatic heterocycles. The second-order valence-corrected chi connectivity index (χ2v) is 4.52. The molecule has 0 amide bonds. The minimum Gasteiger partial charge on any atom is -0.149 e. The Balaban J connectivity index is 2.39. The van der Waals surface area contributed by atoms with Gasteiger partial charge in [0.15, 0.2) is 0 Å². The molecule has 1 aromatic rings. The van der Waals surface area contributed by atoms with Gasteiger partial charge in [-0.15, -0.1) is 11.3 Å². The third-order valence-electron chi connectivity index (χ3n) is 1.75. The van der Waals surface area contributed by atoms with Gasteiger partial charge >= 0.3 is 0 Å². The third-order valence-corrected chi connectivity index (χ3v) is 2.87. The highest BCUT2D eigenvalue weighted by atomic mass is 32.1. The van der Waals surface area contributed by atoms with Crippen molar-refractivity contribution < 1.29 is 0 Å². The molecular weight excluding hydrogens is 152 g/mol. The van der Waals surface area contributed by atoms with E-state index in [0.29, 0.717) is 0 Å². The molecule has 0 spiro atoms. The molecule has 0 saturated carbocycles. The molecule has 0 saturated heterocycles. The highest BCUT2D eigenvalue weighted by Gasteiger charge is 1.98. The number of thiophene rings is 1. The van der Waals surface area contributed by atoms with Crippen molar-refractivity contribution in [3.05, 3.63) is 21.9 Å². The van der Waals surface area contributed by atoms with E-state index in [1.165, 1.54) is 23.3 Å². The van der Waals surface area contributed by atoms with Crippen LogP contribution in [0.5, 0.6) is 0 Å². The Bertz CT molecular complexity index is 210. The lowest BCUT2D eigenvalue weighted by atomic mass is 10.1. The van der Waals surface area contributed by atoms with Crippen molar-refractivity contribution in [3.8, 4) is 0 Å². The van der Waals surface area contributed by atoms with Crippen LogP contribution in [-0.4, -0.2) is 0 Å². The van der Waals surface area contributed by atoms with E-state index in [-0.39, 0.29) is 0 Å². The molecule has 0 fully saturated rings. The first kappa shape index (κ1) is 8.79. The minimum atomic E-state index is 0.831. The maximum Gasteiger partial charge on any atom is 0.00480 e. The van der Waals surface area contributed by atoms with Gasteiger partial charge in [0.2, 0.25) is 0 Å². The molecule has 0 bridgehead atoms. The maximum absolute atomic E-state index is 2.30. The molecular formula is C10H16S. The molecule has 0 atom stereocenters. The van der Waals surface area contributed by atoms with Gasteiger partial charge < -0.3 is 0 Å². The summed E-state index contributed by atoms with van der Waals surface area (Å²) in [6.07, 6.45) is 2.58. The van der Waals surface area contributed by atoms with E-state index in [0.717, 1.165) is 5.92 Å². The van der Waals surface area contributed by atoms with Crippen molar-refractivity contribution in [1.82, 2.24) is 0 Å². The summed E-state index contributed by atoms with van der Waals surface area (Å²) in [5.74, 6) is 0.831. The first-order chi connectivity index (χ1) is 5.18. The quantitative estimate of drug-likeness (QED) is 0.646. The smallest absolute Gasteiger partial charge is 0.00480 e. The molecule has 0 aromatic carbocycles. The Morgan fingerprint density at radius 2 is 2.18 bits per heavy atom. The van der Waals surface area contributed by atoms with Gasteiger partial charge in [0, 0.05) is 4.88 Å². The Labute approximate surface area is 73.3 Å². The Kier molecular flexibility index (Phi) is 3.13. The van der Waals surface area contributed by atoms with Crippen LogP contribution in [0.1, 0.15) is 30.7 Å². The van der Waals surface area contributed by atoms with Crippen molar-refractivity contribution in [1.29, 1.82) is 0 Å². The summed E-state index contributed by atoms with van der Waals surface area (Å²) in [5.41, 5.74) is 1.41. The summed E-state index contributed by atoms with van der Waals surface area (Å²) in [4.78, 5) is 1.54. The number of hydrogen-bond acceptors (Lipinski definition) is 1. The first-order valence-electron chi connectivity index (χ1n) is 4.22. The lowest BCUT2D eigenvalue weighted by molar-refractivity contribution is 0.590. The lowest BCUT2D eigenvalue weighted by Gasteiger charge is -2.00. The number of hydrogen-bond donors (Lipinski definition) is 0. The topological polar surface area (TPSA) is 0 Å². The van der Waals surface area contributed by atoms with Gasteiger partial charge in [-0.2, -0.15) is 0 Å². The monoisotopic (exact) mass is 168 g/mol. The molecule has 1 heterocycles. The fourth-order valence-corrected chi connectivity index (χ4v) is 1.95. The summed E-state index contributed by atoms with van der Waals surface area (Å²) in [6.45, 7) is 6.72. The van der Waals surface area contributed by atoms with E-state index in [1.807, 2.05) is 11.3 Å². The van der Waals surface area contributed by atoms with Crippen LogP contribution in [0.25, 0.3) is 0 Å². The normalized spacial score (nSPS) is 10.9. The Morgan fingerprint density at radius 1 is 1.45 bits per heavy atom. The van der Waals surface area contributed by atoms with Crippen molar-refractivity contribution in [2.24, 2.45) is 5.92 Å². The van der Waals surface area contributed by atoms with Crippen molar-refractivity contribution in [2.75, 3.05) is 0 Å². The molecule has 0 N–H and O–H groups in total. The maximum atomic E-state index is 2.30. The standard InChI is InChI=1S/C10H16S/c1-8(2)4-5-10-6-9(3)7-11-10/h6-8H,4-5H2,1-3H3. The zero-order chi connectivity index (χ0) is 8.27. The fraction of sp³-hybridized carbons (Fsp3) is 0.600. The molecule has 0 aliphatic rings. The fourth-order valence-electron chi connectivity index (χ4n) is 1.05. The predicted molar refractivity (Wildman–Crippen MR) is 52.2 cm³/mol. The van der Waals surface area contributed by atoms with E-state index < -0.39 is 0 Å². The summed E-state index contributed by atoms with van der Waals surface area (Å²) < 4.78 is 0. The summed E-state index contributed by atoms with van der Waals surface area (Å²) >= 11 is 1.89. The third kappa shape index (κ3) is 3.06. The first-order valence-corrected chi connectivity index (χ1v) is 5.10. The molecule has 0 aliphatic heterocycles. The zero-order valence-corrected chi connectivity index (χ0v) is 8.37. The molecule has 0 radical (unpaired) electrons. The SMILES string of the molecule is Cc1csc(CCC(C)C)c1. The summed E-state index contributed by atoms with van der Waals surface area (Å²) in [7, 11) is 0. The van der Waals surface area contributed by atoms with E-state index in [2.05, 4.69) is 32.2 Å². The van der Waals surface area contributed by atoms with E-state index in [9.17, 15) is 0 Å². The average molecular weight is 168 g/mol. The molecule has 0 aliphatic carbocycles. The van der Waals surface area contributed by atoms with Crippen LogP contribution in [0.15, 0.2) is 11.4 Å². The summed E-state index contributed by atoms with van der Waals surface area (Å²) in [6, 6.07) is 2.30. The van der Waals surface area contributed by atoms with Gasteiger partial charge in [-0.25, -0.2) is 0 Å². The van der Waals surface area contributed by atoms with Crippen LogP contribution < -0.4 is 0 Å². The zero-order valence-electron chi connectivity index (χ0n) is 7.55. The number of rotatable bonds is 3. The molecule has 62 valence electrons. The molecule has 11 heavy (non-hydrogen) atoms. The summed E-state index contributed by atoms with van der Waals surface area (Å²) in [5, 5.41) is 2.23. The van der Waals surface area contributed by atoms with Crippen LogP contribution in [0, 0.1) is 12.8 Å².